The second-order valence-electron chi connectivity index (χ2n) is 3.76. The van der Waals surface area contributed by atoms with Crippen LogP contribution in [-0.2, 0) is 6.18 Å². The van der Waals surface area contributed by atoms with Crippen LogP contribution in [0.25, 0.3) is 11.1 Å². The van der Waals surface area contributed by atoms with Gasteiger partial charge in [-0.25, -0.2) is 4.39 Å². The Labute approximate surface area is 116 Å². The molecule has 0 fully saturated rings. The molecule has 19 heavy (non-hydrogen) atoms. The van der Waals surface area contributed by atoms with Crippen molar-refractivity contribution >= 4 is 23.2 Å². The molecule has 0 aliphatic carbocycles. The molecule has 100 valence electrons. The Morgan fingerprint density at radius 3 is 1.89 bits per heavy atom. The third-order valence-electron chi connectivity index (χ3n) is 2.54. The Kier molecular flexibility index (Phi) is 3.74. The monoisotopic (exact) mass is 308 g/mol. The molecule has 0 aliphatic rings. The van der Waals surface area contributed by atoms with E-state index in [0.29, 0.717) is 6.07 Å². The molecule has 0 N–H and O–H groups in total. The lowest BCUT2D eigenvalue weighted by molar-refractivity contribution is -0.139. The topological polar surface area (TPSA) is 0 Å². The van der Waals surface area contributed by atoms with E-state index < -0.39 is 17.6 Å². The molecule has 0 amide bonds. The first-order valence-corrected chi connectivity index (χ1v) is 5.88. The van der Waals surface area contributed by atoms with Gasteiger partial charge in [0, 0.05) is 21.2 Å². The fourth-order valence-electron chi connectivity index (χ4n) is 1.70. The van der Waals surface area contributed by atoms with E-state index in [1.54, 1.807) is 0 Å². The smallest absolute Gasteiger partial charge is 0.206 e. The van der Waals surface area contributed by atoms with Gasteiger partial charge >= 0.3 is 6.18 Å². The Hall–Kier alpha value is -1.26. The van der Waals surface area contributed by atoms with Gasteiger partial charge in [-0.05, 0) is 18.2 Å². The summed E-state index contributed by atoms with van der Waals surface area (Å²) in [5.74, 6) is -1.38. The van der Waals surface area contributed by atoms with Crippen LogP contribution in [0.3, 0.4) is 0 Å². The van der Waals surface area contributed by atoms with Gasteiger partial charge in [0.2, 0.25) is 0 Å². The zero-order valence-electron chi connectivity index (χ0n) is 9.23. The van der Waals surface area contributed by atoms with E-state index in [4.69, 9.17) is 23.2 Å². The summed E-state index contributed by atoms with van der Waals surface area (Å²) in [5.41, 5.74) is -1.57. The maximum atomic E-state index is 14.0. The number of hydrogen-bond acceptors (Lipinski definition) is 0. The highest BCUT2D eigenvalue weighted by atomic mass is 35.5. The number of hydrogen-bond donors (Lipinski definition) is 0. The third kappa shape index (κ3) is 2.69. The van der Waals surface area contributed by atoms with E-state index in [-0.39, 0.29) is 21.2 Å². The predicted molar refractivity (Wildman–Crippen MR) is 66.9 cm³/mol. The van der Waals surface area contributed by atoms with Crippen molar-refractivity contribution in [2.24, 2.45) is 0 Å². The summed E-state index contributed by atoms with van der Waals surface area (Å²) in [6.45, 7) is 0. The van der Waals surface area contributed by atoms with E-state index in [9.17, 15) is 17.6 Å². The first-order valence-electron chi connectivity index (χ1n) is 5.12. The van der Waals surface area contributed by atoms with Crippen molar-refractivity contribution in [3.8, 4) is 11.1 Å². The van der Waals surface area contributed by atoms with Crippen LogP contribution in [0.15, 0.2) is 36.4 Å². The van der Waals surface area contributed by atoms with Gasteiger partial charge in [-0.1, -0.05) is 41.4 Å². The van der Waals surface area contributed by atoms with E-state index in [1.165, 1.54) is 24.3 Å². The molecule has 6 heteroatoms. The summed E-state index contributed by atoms with van der Waals surface area (Å²) >= 11 is 11.7. The molecule has 0 bridgehead atoms. The van der Waals surface area contributed by atoms with Crippen LogP contribution in [0.1, 0.15) is 5.56 Å². The Bertz CT molecular complexity index is 600. The van der Waals surface area contributed by atoms with Gasteiger partial charge in [0.05, 0.1) is 5.56 Å². The van der Waals surface area contributed by atoms with Gasteiger partial charge in [-0.2, -0.15) is 13.2 Å². The van der Waals surface area contributed by atoms with Gasteiger partial charge in [-0.15, -0.1) is 0 Å². The van der Waals surface area contributed by atoms with Crippen molar-refractivity contribution < 1.29 is 17.6 Å². The van der Waals surface area contributed by atoms with Crippen molar-refractivity contribution in [2.75, 3.05) is 0 Å². The van der Waals surface area contributed by atoms with Crippen molar-refractivity contribution in [3.05, 3.63) is 57.8 Å². The van der Waals surface area contributed by atoms with Crippen molar-refractivity contribution in [1.82, 2.24) is 0 Å². The lowest BCUT2D eigenvalue weighted by atomic mass is 10.0. The molecule has 0 radical (unpaired) electrons. The maximum absolute atomic E-state index is 14.0. The summed E-state index contributed by atoms with van der Waals surface area (Å²) in [4.78, 5) is 0. The molecule has 0 aromatic heterocycles. The molecule has 0 saturated carbocycles. The van der Waals surface area contributed by atoms with E-state index in [0.717, 1.165) is 6.07 Å². The molecule has 0 aliphatic heterocycles. The normalized spacial score (nSPS) is 11.7. The lowest BCUT2D eigenvalue weighted by Gasteiger charge is -2.13. The van der Waals surface area contributed by atoms with Crippen molar-refractivity contribution in [1.29, 1.82) is 0 Å². The number of benzene rings is 2. The minimum Gasteiger partial charge on any atom is -0.206 e. The zero-order valence-corrected chi connectivity index (χ0v) is 10.7. The molecule has 2 rings (SSSR count). The molecule has 0 nitrogen and oxygen atoms in total. The number of halogens is 6. The second kappa shape index (κ2) is 5.02. The third-order valence-corrected chi connectivity index (χ3v) is 3.17. The first kappa shape index (κ1) is 14.2. The average Bonchev–Trinajstić information content (AvgIpc) is 2.29. The van der Waals surface area contributed by atoms with E-state index >= 15 is 0 Å². The summed E-state index contributed by atoms with van der Waals surface area (Å²) in [7, 11) is 0. The molecular weight excluding hydrogens is 303 g/mol. The van der Waals surface area contributed by atoms with Crippen LogP contribution in [0.5, 0.6) is 0 Å². The van der Waals surface area contributed by atoms with E-state index in [2.05, 4.69) is 0 Å². The molecular formula is C13H6Cl2F4. The fraction of sp³-hybridized carbons (Fsp3) is 0.0769. The number of rotatable bonds is 1. The molecule has 2 aromatic rings. The minimum absolute atomic E-state index is 0.0504. The van der Waals surface area contributed by atoms with Crippen LogP contribution in [0, 0.1) is 5.82 Å². The van der Waals surface area contributed by atoms with Crippen molar-refractivity contribution in [3.63, 3.8) is 0 Å². The van der Waals surface area contributed by atoms with Crippen LogP contribution in [-0.4, -0.2) is 0 Å². The fourth-order valence-corrected chi connectivity index (χ4v) is 2.30. The van der Waals surface area contributed by atoms with Crippen LogP contribution < -0.4 is 0 Å². The van der Waals surface area contributed by atoms with Crippen LogP contribution >= 0.6 is 23.2 Å². The van der Waals surface area contributed by atoms with Gasteiger partial charge in [0.25, 0.3) is 0 Å². The Morgan fingerprint density at radius 2 is 1.37 bits per heavy atom. The number of alkyl halides is 3. The highest BCUT2D eigenvalue weighted by molar-refractivity contribution is 6.39. The lowest BCUT2D eigenvalue weighted by Crippen LogP contribution is -2.08. The summed E-state index contributed by atoms with van der Waals surface area (Å²) < 4.78 is 51.9. The molecule has 0 heterocycles. The summed E-state index contributed by atoms with van der Waals surface area (Å²) in [6.07, 6.45) is -4.77. The molecule has 0 atom stereocenters. The van der Waals surface area contributed by atoms with E-state index in [1.807, 2.05) is 0 Å². The largest absolute Gasteiger partial charge is 0.419 e. The van der Waals surface area contributed by atoms with Gasteiger partial charge in [0.15, 0.2) is 0 Å². The first-order chi connectivity index (χ1) is 8.82. The second-order valence-corrected chi connectivity index (χ2v) is 4.58. The Morgan fingerprint density at radius 1 is 0.842 bits per heavy atom. The SMILES string of the molecule is Fc1c(-c2c(Cl)cccc2Cl)cccc1C(F)(F)F. The summed E-state index contributed by atoms with van der Waals surface area (Å²) in [5, 5.41) is 0.177. The molecule has 2 aromatic carbocycles. The van der Waals surface area contributed by atoms with Crippen LogP contribution in [0.4, 0.5) is 17.6 Å². The highest BCUT2D eigenvalue weighted by Gasteiger charge is 2.35. The standard InChI is InChI=1S/C13H6Cl2F4/c14-9-5-2-6-10(15)11(9)7-3-1-4-8(12(7)16)13(17,18)19/h1-6H. The molecule has 0 unspecified atom stereocenters. The predicted octanol–water partition coefficient (Wildman–Crippen LogP) is 5.82. The van der Waals surface area contributed by atoms with Crippen LogP contribution in [0.2, 0.25) is 10.0 Å². The highest BCUT2D eigenvalue weighted by Crippen LogP contribution is 2.40. The summed E-state index contributed by atoms with van der Waals surface area (Å²) in [6, 6.07) is 7.38. The molecule has 0 spiro atoms. The van der Waals surface area contributed by atoms with Gasteiger partial charge < -0.3 is 0 Å². The van der Waals surface area contributed by atoms with Crippen molar-refractivity contribution in [2.45, 2.75) is 6.18 Å². The Balaban J connectivity index is 2.71. The molecule has 0 saturated heterocycles. The average molecular weight is 309 g/mol. The van der Waals surface area contributed by atoms with Gasteiger partial charge in [0.1, 0.15) is 5.82 Å². The van der Waals surface area contributed by atoms with Gasteiger partial charge in [-0.3, -0.25) is 0 Å². The minimum atomic E-state index is -4.77. The maximum Gasteiger partial charge on any atom is 0.419 e. The zero-order chi connectivity index (χ0) is 14.2. The quantitative estimate of drug-likeness (QED) is 0.582.